The summed E-state index contributed by atoms with van der Waals surface area (Å²) in [6.45, 7) is 12.7. The van der Waals surface area contributed by atoms with Crippen LogP contribution in [-0.4, -0.2) is 71.6 Å². The lowest BCUT2D eigenvalue weighted by Gasteiger charge is -2.37. The molecule has 27 heavy (non-hydrogen) atoms. The van der Waals surface area contributed by atoms with Crippen molar-refractivity contribution in [2.45, 2.75) is 89.2 Å². The molecule has 1 saturated carbocycles. The maximum atomic E-state index is 12.8. The molecule has 0 aromatic rings. The molecule has 4 aliphatic rings. The number of halogens is 1. The number of carbonyl (C=O) groups is 1. The predicted molar refractivity (Wildman–Crippen MR) is 97.1 cm³/mol. The Kier molecular flexibility index (Phi) is 4.81. The van der Waals surface area contributed by atoms with Gasteiger partial charge in [0.05, 0.1) is 17.4 Å². The summed E-state index contributed by atoms with van der Waals surface area (Å²) in [6.07, 6.45) is -1.97. The summed E-state index contributed by atoms with van der Waals surface area (Å²) >= 11 is 6.57. The average molecular weight is 404 g/mol. The topological polar surface area (TPSA) is 66.5 Å². The molecule has 154 valence electrons. The molecular formula is C19H30ClNO6. The lowest BCUT2D eigenvalue weighted by molar-refractivity contribution is -0.239. The summed E-state index contributed by atoms with van der Waals surface area (Å²) in [5.74, 6) is -1.83. The van der Waals surface area contributed by atoms with Gasteiger partial charge in [0.2, 0.25) is 5.91 Å². The average Bonchev–Trinajstić information content (AvgIpc) is 2.94. The molecule has 0 bridgehead atoms. The van der Waals surface area contributed by atoms with Crippen molar-refractivity contribution < 1.29 is 28.5 Å². The van der Waals surface area contributed by atoms with E-state index in [1.807, 2.05) is 46.4 Å². The van der Waals surface area contributed by atoms with E-state index in [-0.39, 0.29) is 47.5 Å². The number of nitrogens with zero attached hydrogens (tertiary/aromatic N) is 1. The summed E-state index contributed by atoms with van der Waals surface area (Å²) in [4.78, 5) is 14.7. The third kappa shape index (κ3) is 3.30. The molecule has 1 amide bonds. The Morgan fingerprint density at radius 3 is 2.00 bits per heavy atom. The van der Waals surface area contributed by atoms with E-state index in [4.69, 9.17) is 35.3 Å². The zero-order chi connectivity index (χ0) is 19.7. The quantitative estimate of drug-likeness (QED) is 0.670. The third-order valence-corrected chi connectivity index (χ3v) is 6.48. The Bertz CT molecular complexity index is 609. The number of carbonyl (C=O) groups excluding carboxylic acids is 1. The van der Waals surface area contributed by atoms with Crippen molar-refractivity contribution >= 4 is 17.5 Å². The number of rotatable bonds is 4. The third-order valence-electron chi connectivity index (χ3n) is 5.91. The maximum Gasteiger partial charge on any atom is 0.227 e. The van der Waals surface area contributed by atoms with Gasteiger partial charge >= 0.3 is 0 Å². The maximum absolute atomic E-state index is 12.8. The first-order valence-electron chi connectivity index (χ1n) is 9.88. The standard InChI is InChI=1S/C19H30ClNO6/c1-7-21(8-2)16(22)10-9(11(10)20)12-13-14(25-18(3,4)24-13)15-17(23-12)27-19(5,6)26-15/h9-15,17H,7-8H2,1-6H3/t9-,10-,11-,12+,13-,14-,15+,17+/m0/s1. The first kappa shape index (κ1) is 19.9. The van der Waals surface area contributed by atoms with Gasteiger partial charge in [-0.1, -0.05) is 0 Å². The van der Waals surface area contributed by atoms with Gasteiger partial charge in [0.1, 0.15) is 18.3 Å². The largest absolute Gasteiger partial charge is 0.343 e. The summed E-state index contributed by atoms with van der Waals surface area (Å²) in [5.41, 5.74) is 0. The van der Waals surface area contributed by atoms with E-state index in [9.17, 15) is 4.79 Å². The number of alkyl halides is 1. The molecule has 8 atom stereocenters. The Balaban J connectivity index is 1.57. The molecular weight excluding hydrogens is 374 g/mol. The van der Waals surface area contributed by atoms with Gasteiger partial charge in [0, 0.05) is 19.0 Å². The summed E-state index contributed by atoms with van der Waals surface area (Å²) in [7, 11) is 0. The van der Waals surface area contributed by atoms with Crippen LogP contribution in [0, 0.1) is 11.8 Å². The van der Waals surface area contributed by atoms with Crippen LogP contribution in [0.4, 0.5) is 0 Å². The molecule has 7 nitrogen and oxygen atoms in total. The normalized spacial score (nSPS) is 46.6. The van der Waals surface area contributed by atoms with Crippen molar-refractivity contribution in [2.75, 3.05) is 13.1 Å². The molecule has 1 aliphatic carbocycles. The van der Waals surface area contributed by atoms with E-state index < -0.39 is 17.9 Å². The smallest absolute Gasteiger partial charge is 0.227 e. The van der Waals surface area contributed by atoms with Crippen molar-refractivity contribution in [3.05, 3.63) is 0 Å². The van der Waals surface area contributed by atoms with Crippen LogP contribution in [0.25, 0.3) is 0 Å². The summed E-state index contributed by atoms with van der Waals surface area (Å²) in [6, 6.07) is 0. The zero-order valence-corrected chi connectivity index (χ0v) is 17.6. The van der Waals surface area contributed by atoms with Gasteiger partial charge in [-0.25, -0.2) is 0 Å². The lowest BCUT2D eigenvalue weighted by atomic mass is 9.95. The van der Waals surface area contributed by atoms with Crippen LogP contribution < -0.4 is 0 Å². The fraction of sp³-hybridized carbons (Fsp3) is 0.947. The highest BCUT2D eigenvalue weighted by molar-refractivity contribution is 6.25. The molecule has 8 heteroatoms. The van der Waals surface area contributed by atoms with Crippen molar-refractivity contribution in [3.8, 4) is 0 Å². The second-order valence-electron chi connectivity index (χ2n) is 8.69. The molecule has 3 saturated heterocycles. The van der Waals surface area contributed by atoms with E-state index >= 15 is 0 Å². The van der Waals surface area contributed by atoms with Gasteiger partial charge in [0.25, 0.3) is 0 Å². The minimum Gasteiger partial charge on any atom is -0.343 e. The predicted octanol–water partition coefficient (Wildman–Crippen LogP) is 2.10. The van der Waals surface area contributed by atoms with Gasteiger partial charge in [0.15, 0.2) is 17.9 Å². The van der Waals surface area contributed by atoms with Crippen molar-refractivity contribution in [1.29, 1.82) is 0 Å². The van der Waals surface area contributed by atoms with Gasteiger partial charge in [-0.05, 0) is 41.5 Å². The second-order valence-corrected chi connectivity index (χ2v) is 9.20. The zero-order valence-electron chi connectivity index (χ0n) is 16.8. The number of fused-ring (bicyclic) bond motifs is 3. The molecule has 0 spiro atoms. The Morgan fingerprint density at radius 1 is 0.889 bits per heavy atom. The van der Waals surface area contributed by atoms with Crippen LogP contribution in [0.5, 0.6) is 0 Å². The van der Waals surface area contributed by atoms with Crippen LogP contribution in [-0.2, 0) is 28.5 Å². The highest BCUT2D eigenvalue weighted by Crippen LogP contribution is 2.54. The van der Waals surface area contributed by atoms with E-state index in [2.05, 4.69) is 0 Å². The molecule has 4 fully saturated rings. The van der Waals surface area contributed by atoms with Crippen LogP contribution in [0.3, 0.4) is 0 Å². The Morgan fingerprint density at radius 2 is 1.41 bits per heavy atom. The number of hydrogen-bond donors (Lipinski definition) is 0. The lowest BCUT2D eigenvalue weighted by Crippen LogP contribution is -2.56. The molecule has 0 unspecified atom stereocenters. The van der Waals surface area contributed by atoms with E-state index in [0.29, 0.717) is 13.1 Å². The molecule has 0 aromatic carbocycles. The number of amides is 1. The van der Waals surface area contributed by atoms with Crippen LogP contribution in [0.15, 0.2) is 0 Å². The van der Waals surface area contributed by atoms with Crippen molar-refractivity contribution in [2.24, 2.45) is 11.8 Å². The molecule has 0 aromatic heterocycles. The Labute approximate surface area is 165 Å². The first-order valence-corrected chi connectivity index (χ1v) is 10.3. The molecule has 3 heterocycles. The van der Waals surface area contributed by atoms with Crippen molar-refractivity contribution in [1.82, 2.24) is 4.90 Å². The molecule has 0 radical (unpaired) electrons. The first-order chi connectivity index (χ1) is 12.6. The monoisotopic (exact) mass is 403 g/mol. The molecule has 3 aliphatic heterocycles. The highest BCUT2D eigenvalue weighted by atomic mass is 35.5. The van der Waals surface area contributed by atoms with Crippen LogP contribution in [0.2, 0.25) is 0 Å². The van der Waals surface area contributed by atoms with Crippen molar-refractivity contribution in [3.63, 3.8) is 0 Å². The summed E-state index contributed by atoms with van der Waals surface area (Å²) < 4.78 is 30.5. The van der Waals surface area contributed by atoms with Gasteiger partial charge < -0.3 is 28.6 Å². The van der Waals surface area contributed by atoms with E-state index in [1.54, 1.807) is 0 Å². The fourth-order valence-electron chi connectivity index (χ4n) is 4.68. The number of hydrogen-bond acceptors (Lipinski definition) is 6. The second kappa shape index (κ2) is 6.54. The van der Waals surface area contributed by atoms with Gasteiger partial charge in [-0.2, -0.15) is 0 Å². The summed E-state index contributed by atoms with van der Waals surface area (Å²) in [5, 5.41) is -0.275. The minimum absolute atomic E-state index is 0.0781. The van der Waals surface area contributed by atoms with E-state index in [1.165, 1.54) is 0 Å². The highest BCUT2D eigenvalue weighted by Gasteiger charge is 2.68. The van der Waals surface area contributed by atoms with Gasteiger partial charge in [-0.15, -0.1) is 11.6 Å². The molecule has 0 N–H and O–H groups in total. The van der Waals surface area contributed by atoms with E-state index in [0.717, 1.165) is 0 Å². The molecule has 4 rings (SSSR count). The minimum atomic E-state index is -0.759. The van der Waals surface area contributed by atoms with Gasteiger partial charge in [-0.3, -0.25) is 4.79 Å². The van der Waals surface area contributed by atoms with Crippen LogP contribution in [0.1, 0.15) is 41.5 Å². The Hall–Kier alpha value is -0.440. The fourth-order valence-corrected chi connectivity index (χ4v) is 5.17. The SMILES string of the molecule is CCN(CC)C(=O)[C@@H]1[C@@H](Cl)[C@H]1[C@H]1O[C@@H]2OC(C)(C)O[C@@H]2[C@H]2OC(C)(C)O[C@H]21. The number of ether oxygens (including phenoxy) is 5. The van der Waals surface area contributed by atoms with Crippen LogP contribution >= 0.6 is 11.6 Å².